The highest BCUT2D eigenvalue weighted by Gasteiger charge is 2.05. The lowest BCUT2D eigenvalue weighted by atomic mass is 10.2. The topological polar surface area (TPSA) is 64.9 Å². The SMILES string of the molecule is CCCCC(=O)NN=Cc1ccc(N(CC)CC)cc1O. The first-order chi connectivity index (χ1) is 10.1. The molecular weight excluding hydrogens is 266 g/mol. The number of hydrogen-bond acceptors (Lipinski definition) is 4. The summed E-state index contributed by atoms with van der Waals surface area (Å²) in [6.45, 7) is 7.95. The van der Waals surface area contributed by atoms with E-state index >= 15 is 0 Å². The van der Waals surface area contributed by atoms with E-state index < -0.39 is 0 Å². The number of phenols is 1. The third-order valence-corrected chi connectivity index (χ3v) is 3.29. The summed E-state index contributed by atoms with van der Waals surface area (Å²) < 4.78 is 0. The van der Waals surface area contributed by atoms with Crippen LogP contribution in [0.15, 0.2) is 23.3 Å². The van der Waals surface area contributed by atoms with Crippen molar-refractivity contribution in [3.05, 3.63) is 23.8 Å². The Kier molecular flexibility index (Phi) is 7.29. The Morgan fingerprint density at radius 2 is 2.05 bits per heavy atom. The number of hydrazone groups is 1. The van der Waals surface area contributed by atoms with Gasteiger partial charge in [0.1, 0.15) is 5.75 Å². The third-order valence-electron chi connectivity index (χ3n) is 3.29. The number of unbranched alkanes of at least 4 members (excludes halogenated alkanes) is 1. The van der Waals surface area contributed by atoms with Gasteiger partial charge in [0, 0.05) is 36.8 Å². The molecule has 0 heterocycles. The molecule has 0 spiro atoms. The van der Waals surface area contributed by atoms with E-state index in [9.17, 15) is 9.90 Å². The molecule has 0 aromatic heterocycles. The molecule has 0 unspecified atom stereocenters. The van der Waals surface area contributed by atoms with Crippen LogP contribution in [-0.2, 0) is 4.79 Å². The molecule has 0 fully saturated rings. The van der Waals surface area contributed by atoms with Gasteiger partial charge < -0.3 is 10.0 Å². The van der Waals surface area contributed by atoms with Gasteiger partial charge in [-0.3, -0.25) is 4.79 Å². The lowest BCUT2D eigenvalue weighted by Crippen LogP contribution is -2.21. The Balaban J connectivity index is 2.66. The van der Waals surface area contributed by atoms with Crippen LogP contribution < -0.4 is 10.3 Å². The van der Waals surface area contributed by atoms with Crippen LogP contribution in [-0.4, -0.2) is 30.3 Å². The fraction of sp³-hybridized carbons (Fsp3) is 0.500. The Labute approximate surface area is 126 Å². The van der Waals surface area contributed by atoms with E-state index in [0.29, 0.717) is 12.0 Å². The normalized spacial score (nSPS) is 10.8. The highest BCUT2D eigenvalue weighted by Crippen LogP contribution is 2.23. The zero-order chi connectivity index (χ0) is 15.7. The van der Waals surface area contributed by atoms with Crippen LogP contribution >= 0.6 is 0 Å². The molecule has 0 aliphatic heterocycles. The second kappa shape index (κ2) is 9.00. The van der Waals surface area contributed by atoms with Crippen LogP contribution in [0.25, 0.3) is 0 Å². The first-order valence-electron chi connectivity index (χ1n) is 7.52. The van der Waals surface area contributed by atoms with Crippen molar-refractivity contribution < 1.29 is 9.90 Å². The van der Waals surface area contributed by atoms with Gasteiger partial charge in [-0.1, -0.05) is 13.3 Å². The quantitative estimate of drug-likeness (QED) is 0.572. The number of carbonyl (C=O) groups is 1. The number of amides is 1. The summed E-state index contributed by atoms with van der Waals surface area (Å²) in [7, 11) is 0. The Morgan fingerprint density at radius 3 is 2.62 bits per heavy atom. The van der Waals surface area contributed by atoms with Crippen molar-refractivity contribution in [2.45, 2.75) is 40.0 Å². The largest absolute Gasteiger partial charge is 0.507 e. The molecule has 0 bridgehead atoms. The number of rotatable bonds is 8. The maximum absolute atomic E-state index is 11.4. The van der Waals surface area contributed by atoms with E-state index in [2.05, 4.69) is 29.3 Å². The Hall–Kier alpha value is -2.04. The van der Waals surface area contributed by atoms with Crippen LogP contribution in [0.4, 0.5) is 5.69 Å². The molecule has 116 valence electrons. The lowest BCUT2D eigenvalue weighted by Gasteiger charge is -2.21. The molecular formula is C16H25N3O2. The molecule has 5 nitrogen and oxygen atoms in total. The minimum absolute atomic E-state index is 0.104. The molecule has 5 heteroatoms. The van der Waals surface area contributed by atoms with E-state index in [4.69, 9.17) is 0 Å². The summed E-state index contributed by atoms with van der Waals surface area (Å²) in [5.41, 5.74) is 4.02. The van der Waals surface area contributed by atoms with E-state index in [1.54, 1.807) is 12.1 Å². The molecule has 0 aliphatic carbocycles. The Bertz CT molecular complexity index is 482. The van der Waals surface area contributed by atoms with Gasteiger partial charge in [-0.2, -0.15) is 5.10 Å². The zero-order valence-corrected chi connectivity index (χ0v) is 13.1. The van der Waals surface area contributed by atoms with Gasteiger partial charge in [0.25, 0.3) is 0 Å². The van der Waals surface area contributed by atoms with Crippen LogP contribution in [0.5, 0.6) is 5.75 Å². The van der Waals surface area contributed by atoms with Gasteiger partial charge in [-0.05, 0) is 32.4 Å². The van der Waals surface area contributed by atoms with Crippen molar-refractivity contribution in [2.24, 2.45) is 5.10 Å². The van der Waals surface area contributed by atoms with Crippen LogP contribution in [0.2, 0.25) is 0 Å². The standard InChI is InChI=1S/C16H25N3O2/c1-4-7-8-16(21)18-17-12-13-9-10-14(11-15(13)20)19(5-2)6-3/h9-12,20H,4-8H2,1-3H3,(H,18,21). The van der Waals surface area contributed by atoms with Gasteiger partial charge in [0.2, 0.25) is 5.91 Å². The smallest absolute Gasteiger partial charge is 0.240 e. The van der Waals surface area contributed by atoms with Gasteiger partial charge in [-0.25, -0.2) is 5.43 Å². The van der Waals surface area contributed by atoms with Crippen molar-refractivity contribution >= 4 is 17.8 Å². The zero-order valence-electron chi connectivity index (χ0n) is 13.1. The van der Waals surface area contributed by atoms with Crippen LogP contribution in [0.1, 0.15) is 45.6 Å². The summed E-state index contributed by atoms with van der Waals surface area (Å²) >= 11 is 0. The monoisotopic (exact) mass is 291 g/mol. The molecule has 0 aliphatic rings. The molecule has 1 amide bonds. The van der Waals surface area contributed by atoms with Crippen molar-refractivity contribution in [3.63, 3.8) is 0 Å². The molecule has 0 radical (unpaired) electrons. The summed E-state index contributed by atoms with van der Waals surface area (Å²) in [5.74, 6) is 0.0540. The molecule has 21 heavy (non-hydrogen) atoms. The van der Waals surface area contributed by atoms with E-state index in [1.165, 1.54) is 6.21 Å². The fourth-order valence-electron chi connectivity index (χ4n) is 1.99. The number of nitrogens with one attached hydrogen (secondary N) is 1. The first kappa shape index (κ1) is 17.0. The second-order valence-electron chi connectivity index (χ2n) is 4.81. The predicted molar refractivity (Wildman–Crippen MR) is 86.9 cm³/mol. The molecule has 0 saturated carbocycles. The molecule has 2 N–H and O–H groups in total. The Morgan fingerprint density at radius 1 is 1.33 bits per heavy atom. The average Bonchev–Trinajstić information content (AvgIpc) is 2.48. The highest BCUT2D eigenvalue weighted by atomic mass is 16.3. The number of phenolic OH excluding ortho intramolecular Hbond substituents is 1. The minimum atomic E-state index is -0.104. The highest BCUT2D eigenvalue weighted by molar-refractivity contribution is 5.86. The van der Waals surface area contributed by atoms with Crippen molar-refractivity contribution in [1.29, 1.82) is 0 Å². The van der Waals surface area contributed by atoms with E-state index in [1.807, 2.05) is 13.0 Å². The molecule has 0 atom stereocenters. The van der Waals surface area contributed by atoms with Gasteiger partial charge >= 0.3 is 0 Å². The molecule has 1 aromatic rings. The summed E-state index contributed by atoms with van der Waals surface area (Å²) in [5, 5.41) is 13.9. The number of anilines is 1. The summed E-state index contributed by atoms with van der Waals surface area (Å²) in [4.78, 5) is 13.6. The number of nitrogens with zero attached hydrogens (tertiary/aromatic N) is 2. The van der Waals surface area contributed by atoms with Crippen molar-refractivity contribution in [2.75, 3.05) is 18.0 Å². The maximum atomic E-state index is 11.4. The molecule has 1 rings (SSSR count). The first-order valence-corrected chi connectivity index (χ1v) is 7.52. The fourth-order valence-corrected chi connectivity index (χ4v) is 1.99. The number of carbonyl (C=O) groups excluding carboxylic acids is 1. The maximum Gasteiger partial charge on any atom is 0.240 e. The van der Waals surface area contributed by atoms with Crippen LogP contribution in [0.3, 0.4) is 0 Å². The van der Waals surface area contributed by atoms with Crippen LogP contribution in [0, 0.1) is 0 Å². The number of benzene rings is 1. The van der Waals surface area contributed by atoms with E-state index in [-0.39, 0.29) is 11.7 Å². The average molecular weight is 291 g/mol. The van der Waals surface area contributed by atoms with Gasteiger partial charge in [0.15, 0.2) is 0 Å². The summed E-state index contributed by atoms with van der Waals surface area (Å²) in [6.07, 6.45) is 3.77. The second-order valence-corrected chi connectivity index (χ2v) is 4.81. The van der Waals surface area contributed by atoms with Gasteiger partial charge in [0.05, 0.1) is 6.21 Å². The number of hydrogen-bond donors (Lipinski definition) is 2. The predicted octanol–water partition coefficient (Wildman–Crippen LogP) is 2.88. The minimum Gasteiger partial charge on any atom is -0.507 e. The summed E-state index contributed by atoms with van der Waals surface area (Å²) in [6, 6.07) is 5.45. The van der Waals surface area contributed by atoms with Gasteiger partial charge in [-0.15, -0.1) is 0 Å². The van der Waals surface area contributed by atoms with Crippen molar-refractivity contribution in [3.8, 4) is 5.75 Å². The molecule has 1 aromatic carbocycles. The lowest BCUT2D eigenvalue weighted by molar-refractivity contribution is -0.121. The molecule has 0 saturated heterocycles. The van der Waals surface area contributed by atoms with E-state index in [0.717, 1.165) is 31.6 Å². The number of aromatic hydroxyl groups is 1. The van der Waals surface area contributed by atoms with Crippen molar-refractivity contribution in [1.82, 2.24) is 5.43 Å². The third kappa shape index (κ3) is 5.45.